The van der Waals surface area contributed by atoms with Crippen molar-refractivity contribution in [3.63, 3.8) is 0 Å². The van der Waals surface area contributed by atoms with Crippen LogP contribution in [0.1, 0.15) is 13.3 Å². The van der Waals surface area contributed by atoms with E-state index in [-0.39, 0.29) is 0 Å². The van der Waals surface area contributed by atoms with Crippen LogP contribution in [0.2, 0.25) is 0 Å². The smallest absolute Gasteiger partial charge is 0.326 e. The van der Waals surface area contributed by atoms with Crippen LogP contribution in [0.15, 0.2) is 24.3 Å². The Morgan fingerprint density at radius 2 is 2.25 bits per heavy atom. The number of likely N-dealkylation sites (N-methyl/N-ethyl adjacent to an activating group) is 1. The van der Waals surface area contributed by atoms with Gasteiger partial charge in [-0.1, -0.05) is 13.0 Å². The average Bonchev–Trinajstić information content (AvgIpc) is 2.29. The third-order valence-electron chi connectivity index (χ3n) is 2.60. The first-order valence-electron chi connectivity index (χ1n) is 5.19. The van der Waals surface area contributed by atoms with Crippen molar-refractivity contribution in [1.29, 1.82) is 0 Å². The number of hydrogen-bond acceptors (Lipinski definition) is 3. The lowest BCUT2D eigenvalue weighted by atomic mass is 10.1. The Morgan fingerprint density at radius 1 is 1.56 bits per heavy atom. The molecule has 0 aliphatic carbocycles. The summed E-state index contributed by atoms with van der Waals surface area (Å²) < 4.78 is 5.10. The van der Waals surface area contributed by atoms with E-state index in [1.54, 1.807) is 19.1 Å². The normalized spacial score (nSPS) is 11.9. The Hall–Kier alpha value is -1.71. The molecule has 4 nitrogen and oxygen atoms in total. The summed E-state index contributed by atoms with van der Waals surface area (Å²) in [4.78, 5) is 12.8. The van der Waals surface area contributed by atoms with Gasteiger partial charge in [-0.05, 0) is 18.6 Å². The van der Waals surface area contributed by atoms with Gasteiger partial charge in [0.2, 0.25) is 0 Å². The average molecular weight is 223 g/mol. The number of anilines is 1. The van der Waals surface area contributed by atoms with Crippen molar-refractivity contribution in [3.05, 3.63) is 24.3 Å². The van der Waals surface area contributed by atoms with E-state index in [9.17, 15) is 4.79 Å². The number of aliphatic carboxylic acids is 1. The molecule has 0 radical (unpaired) electrons. The van der Waals surface area contributed by atoms with Gasteiger partial charge in [0.25, 0.3) is 0 Å². The SMILES string of the molecule is CCC(C(=O)O)N(C)c1cccc(OC)c1. The van der Waals surface area contributed by atoms with Gasteiger partial charge in [0, 0.05) is 18.8 Å². The monoisotopic (exact) mass is 223 g/mol. The number of rotatable bonds is 5. The van der Waals surface area contributed by atoms with Crippen LogP contribution in [0.25, 0.3) is 0 Å². The zero-order chi connectivity index (χ0) is 12.1. The van der Waals surface area contributed by atoms with Crippen molar-refractivity contribution in [1.82, 2.24) is 0 Å². The van der Waals surface area contributed by atoms with Crippen LogP contribution in [0.4, 0.5) is 5.69 Å². The fraction of sp³-hybridized carbons (Fsp3) is 0.417. The summed E-state index contributed by atoms with van der Waals surface area (Å²) in [6.45, 7) is 1.86. The number of nitrogens with zero attached hydrogens (tertiary/aromatic N) is 1. The number of benzene rings is 1. The molecule has 4 heteroatoms. The van der Waals surface area contributed by atoms with E-state index in [0.29, 0.717) is 6.42 Å². The highest BCUT2D eigenvalue weighted by atomic mass is 16.5. The molecule has 1 aromatic carbocycles. The number of hydrogen-bond donors (Lipinski definition) is 1. The largest absolute Gasteiger partial charge is 0.497 e. The molecule has 0 aliphatic heterocycles. The maximum absolute atomic E-state index is 11.0. The van der Waals surface area contributed by atoms with E-state index in [0.717, 1.165) is 11.4 Å². The highest BCUT2D eigenvalue weighted by molar-refractivity contribution is 5.78. The van der Waals surface area contributed by atoms with Crippen molar-refractivity contribution in [2.45, 2.75) is 19.4 Å². The van der Waals surface area contributed by atoms with Crippen LogP contribution in [0.3, 0.4) is 0 Å². The quantitative estimate of drug-likeness (QED) is 0.829. The lowest BCUT2D eigenvalue weighted by Crippen LogP contribution is -2.37. The molecule has 0 aliphatic rings. The number of carboxylic acids is 1. The van der Waals surface area contributed by atoms with Gasteiger partial charge >= 0.3 is 5.97 Å². The number of carbonyl (C=O) groups is 1. The van der Waals surface area contributed by atoms with Crippen molar-refractivity contribution in [2.24, 2.45) is 0 Å². The minimum Gasteiger partial charge on any atom is -0.497 e. The zero-order valence-corrected chi connectivity index (χ0v) is 9.80. The van der Waals surface area contributed by atoms with Crippen molar-refractivity contribution in [2.75, 3.05) is 19.1 Å². The molecular formula is C12H17NO3. The predicted octanol–water partition coefficient (Wildman–Crippen LogP) is 1.99. The highest BCUT2D eigenvalue weighted by Gasteiger charge is 2.20. The van der Waals surface area contributed by atoms with E-state index in [1.807, 2.05) is 31.2 Å². The van der Waals surface area contributed by atoms with Gasteiger partial charge in [-0.3, -0.25) is 0 Å². The van der Waals surface area contributed by atoms with E-state index < -0.39 is 12.0 Å². The molecule has 0 amide bonds. The minimum atomic E-state index is -0.812. The Balaban J connectivity index is 2.93. The number of methoxy groups -OCH3 is 1. The third kappa shape index (κ3) is 2.66. The van der Waals surface area contributed by atoms with Crippen molar-refractivity contribution < 1.29 is 14.6 Å². The summed E-state index contributed by atoms with van der Waals surface area (Å²) >= 11 is 0. The molecule has 1 N–H and O–H groups in total. The van der Waals surface area contributed by atoms with Crippen LogP contribution < -0.4 is 9.64 Å². The molecule has 0 heterocycles. The minimum absolute atomic E-state index is 0.507. The van der Waals surface area contributed by atoms with Gasteiger partial charge in [0.05, 0.1) is 7.11 Å². The Bertz CT molecular complexity index is 365. The van der Waals surface area contributed by atoms with Crippen molar-refractivity contribution >= 4 is 11.7 Å². The second-order valence-corrected chi connectivity index (χ2v) is 3.57. The Kier molecular flexibility index (Phi) is 4.17. The maximum atomic E-state index is 11.0. The fourth-order valence-corrected chi connectivity index (χ4v) is 1.62. The zero-order valence-electron chi connectivity index (χ0n) is 9.80. The standard InChI is InChI=1S/C12H17NO3/c1-4-11(12(14)15)13(2)9-6-5-7-10(8-9)16-3/h5-8,11H,4H2,1-3H3,(H,14,15). The van der Waals surface area contributed by atoms with Crippen LogP contribution in [-0.4, -0.2) is 31.3 Å². The number of ether oxygens (including phenoxy) is 1. The summed E-state index contributed by atoms with van der Waals surface area (Å²) in [7, 11) is 3.37. The summed E-state index contributed by atoms with van der Waals surface area (Å²) in [5.74, 6) is -0.0857. The van der Waals surface area contributed by atoms with Crippen LogP contribution in [0.5, 0.6) is 5.75 Å². The van der Waals surface area contributed by atoms with Crippen LogP contribution in [-0.2, 0) is 4.79 Å². The maximum Gasteiger partial charge on any atom is 0.326 e. The predicted molar refractivity (Wildman–Crippen MR) is 63.1 cm³/mol. The summed E-state index contributed by atoms with van der Waals surface area (Å²) in [5, 5.41) is 9.06. The molecule has 1 atom stereocenters. The van der Waals surface area contributed by atoms with Gasteiger partial charge in [-0.2, -0.15) is 0 Å². The summed E-state index contributed by atoms with van der Waals surface area (Å²) in [5.41, 5.74) is 0.841. The second kappa shape index (κ2) is 5.39. The Labute approximate surface area is 95.5 Å². The van der Waals surface area contributed by atoms with E-state index in [1.165, 1.54) is 0 Å². The first-order chi connectivity index (χ1) is 7.60. The third-order valence-corrected chi connectivity index (χ3v) is 2.60. The first-order valence-corrected chi connectivity index (χ1v) is 5.19. The lowest BCUT2D eigenvalue weighted by molar-refractivity contribution is -0.138. The summed E-state index contributed by atoms with van der Waals surface area (Å²) in [6.07, 6.45) is 0.559. The highest BCUT2D eigenvalue weighted by Crippen LogP contribution is 2.22. The van der Waals surface area contributed by atoms with Gasteiger partial charge in [-0.15, -0.1) is 0 Å². The Morgan fingerprint density at radius 3 is 2.75 bits per heavy atom. The molecule has 0 saturated heterocycles. The van der Waals surface area contributed by atoms with Gasteiger partial charge in [0.1, 0.15) is 11.8 Å². The van der Waals surface area contributed by atoms with Gasteiger partial charge in [-0.25, -0.2) is 4.79 Å². The first kappa shape index (κ1) is 12.4. The lowest BCUT2D eigenvalue weighted by Gasteiger charge is -2.26. The van der Waals surface area contributed by atoms with Crippen molar-refractivity contribution in [3.8, 4) is 5.75 Å². The van der Waals surface area contributed by atoms with E-state index in [2.05, 4.69) is 0 Å². The topological polar surface area (TPSA) is 49.8 Å². The molecule has 0 spiro atoms. The second-order valence-electron chi connectivity index (χ2n) is 3.57. The number of carboxylic acid groups (broad SMARTS) is 1. The molecule has 0 aromatic heterocycles. The van der Waals surface area contributed by atoms with Crippen LogP contribution >= 0.6 is 0 Å². The van der Waals surface area contributed by atoms with E-state index in [4.69, 9.17) is 9.84 Å². The van der Waals surface area contributed by atoms with Crippen LogP contribution in [0, 0.1) is 0 Å². The molecular weight excluding hydrogens is 206 g/mol. The summed E-state index contributed by atoms with van der Waals surface area (Å²) in [6, 6.07) is 6.87. The van der Waals surface area contributed by atoms with Gasteiger partial charge in [0.15, 0.2) is 0 Å². The van der Waals surface area contributed by atoms with E-state index >= 15 is 0 Å². The molecule has 88 valence electrons. The fourth-order valence-electron chi connectivity index (χ4n) is 1.62. The van der Waals surface area contributed by atoms with Gasteiger partial charge < -0.3 is 14.7 Å². The molecule has 1 unspecified atom stereocenters. The molecule has 16 heavy (non-hydrogen) atoms. The molecule has 0 bridgehead atoms. The molecule has 0 fully saturated rings. The molecule has 1 rings (SSSR count). The molecule has 0 saturated carbocycles. The molecule has 1 aromatic rings.